The number of aliphatic hydroxyl groups excluding tert-OH is 1. The standard InChI is InChI=1S/C22H27Cl2F3NO4PS.C19H23Cl2NO3.C4H8F3OPS/c1-5-30-20(3)6-8-21(9-7-20)18(32-33(4,34)31-12-22(25,26)27)17(19(29)28-21)16-13(2)10-14(23)11-15(16)24;1-4-25-18(3)5-7-19(8-6-18)16(23)15(17(24)22-19)14-11(2)9-12(20)10-13(14)21;1-9(2,10)8-3-4(5,6)7/h10-11H,5-9,12H2,1-4H3,(H,28,29);9-10,23H,4-8H2,1-3H3,(H,22,24);3H2,1-2H3. The van der Waals surface area contributed by atoms with Gasteiger partial charge in [0.15, 0.2) is 6.61 Å². The van der Waals surface area contributed by atoms with Crippen molar-refractivity contribution in [3.05, 3.63) is 78.1 Å². The van der Waals surface area contributed by atoms with Gasteiger partial charge in [0.25, 0.3) is 11.8 Å². The molecule has 2 aromatic carbocycles. The van der Waals surface area contributed by atoms with Crippen LogP contribution in [0.1, 0.15) is 101 Å². The van der Waals surface area contributed by atoms with E-state index in [1.807, 2.05) is 27.7 Å². The van der Waals surface area contributed by atoms with E-state index in [0.29, 0.717) is 83.5 Å². The van der Waals surface area contributed by atoms with Crippen molar-refractivity contribution in [2.75, 3.05) is 46.4 Å². The first-order valence-corrected chi connectivity index (χ1v) is 30.0. The SMILES string of the molecule is CCOC1(C)CCC2(CC1)NC(=O)C(c1c(C)cc(Cl)cc1Cl)=C2O.CCOC1(C)CCC2(CC1)NC(=O)C(c1c(C)cc(Cl)cc1Cl)=C2OP(C)(=S)OCC(F)(F)F.CP(C)(=S)OCC(F)(F)F. The fourth-order valence-corrected chi connectivity index (χ4v) is 12.1. The number of aliphatic hydroxyl groups is 1. The minimum Gasteiger partial charge on any atom is -0.509 e. The van der Waals surface area contributed by atoms with E-state index in [9.17, 15) is 41.0 Å². The molecule has 388 valence electrons. The highest BCUT2D eigenvalue weighted by Gasteiger charge is 2.54. The van der Waals surface area contributed by atoms with Crippen LogP contribution in [-0.4, -0.2) is 98.0 Å². The molecule has 0 aromatic heterocycles. The largest absolute Gasteiger partial charge is 0.509 e. The van der Waals surface area contributed by atoms with Gasteiger partial charge in [0.2, 0.25) is 6.49 Å². The van der Waals surface area contributed by atoms with Gasteiger partial charge in [-0.25, -0.2) is 0 Å². The summed E-state index contributed by atoms with van der Waals surface area (Å²) < 4.78 is 100.0. The first kappa shape index (κ1) is 59.9. The van der Waals surface area contributed by atoms with Crippen molar-refractivity contribution in [3.63, 3.8) is 0 Å². The van der Waals surface area contributed by atoms with Gasteiger partial charge in [0.05, 0.1) is 49.7 Å². The maximum Gasteiger partial charge on any atom is 0.412 e. The van der Waals surface area contributed by atoms with E-state index in [0.717, 1.165) is 18.4 Å². The number of carbonyl (C=O) groups excluding carboxylic acids is 2. The molecule has 69 heavy (non-hydrogen) atoms. The Morgan fingerprint density at radius 2 is 1.03 bits per heavy atom. The molecule has 0 bridgehead atoms. The normalized spacial score (nSPS) is 26.0. The first-order valence-electron chi connectivity index (χ1n) is 21.8. The van der Waals surface area contributed by atoms with Gasteiger partial charge in [-0.2, -0.15) is 26.3 Å². The van der Waals surface area contributed by atoms with Gasteiger partial charge in [-0.15, -0.1) is 0 Å². The maximum absolute atomic E-state index is 13.3. The summed E-state index contributed by atoms with van der Waals surface area (Å²) in [5.74, 6) is -0.460. The zero-order valence-electron chi connectivity index (χ0n) is 39.6. The molecule has 0 saturated heterocycles. The number of nitrogens with one attached hydrogen (secondary N) is 2. The lowest BCUT2D eigenvalue weighted by molar-refractivity contribution is -0.153. The summed E-state index contributed by atoms with van der Waals surface area (Å²) >= 11 is 34.9. The second-order valence-electron chi connectivity index (χ2n) is 18.3. The molecule has 0 radical (unpaired) electrons. The number of hydrogen-bond donors (Lipinski definition) is 3. The monoisotopic (exact) mass is 1130 g/mol. The molecule has 10 nitrogen and oxygen atoms in total. The Bertz CT molecular complexity index is 2370. The topological polar surface area (TPSA) is 125 Å². The lowest BCUT2D eigenvalue weighted by atomic mass is 9.74. The van der Waals surface area contributed by atoms with E-state index in [1.165, 1.54) is 26.1 Å². The molecule has 2 saturated carbocycles. The molecule has 2 aliphatic carbocycles. The second kappa shape index (κ2) is 22.8. The van der Waals surface area contributed by atoms with Gasteiger partial charge in [-0.3, -0.25) is 9.59 Å². The van der Waals surface area contributed by atoms with E-state index < -0.39 is 55.3 Å². The number of aryl methyl sites for hydroxylation is 2. The lowest BCUT2D eigenvalue weighted by Gasteiger charge is -2.44. The predicted molar refractivity (Wildman–Crippen MR) is 269 cm³/mol. The quantitative estimate of drug-likeness (QED) is 0.140. The second-order valence-corrected chi connectivity index (χ2v) is 29.4. The van der Waals surface area contributed by atoms with Crippen molar-refractivity contribution in [1.82, 2.24) is 10.6 Å². The van der Waals surface area contributed by atoms with E-state index in [-0.39, 0.29) is 44.8 Å². The highest BCUT2D eigenvalue weighted by molar-refractivity contribution is 8.11. The minimum absolute atomic E-state index is 0.0865. The number of hydrogen-bond acceptors (Lipinski definition) is 10. The third-order valence-corrected chi connectivity index (χ3v) is 15.8. The van der Waals surface area contributed by atoms with Crippen molar-refractivity contribution >= 4 is 106 Å². The van der Waals surface area contributed by atoms with Crippen molar-refractivity contribution in [2.24, 2.45) is 0 Å². The molecule has 1 unspecified atom stereocenters. The molecule has 6 rings (SSSR count). The summed E-state index contributed by atoms with van der Waals surface area (Å²) in [4.78, 5) is 26.0. The third-order valence-electron chi connectivity index (χ3n) is 12.1. The van der Waals surface area contributed by atoms with Crippen molar-refractivity contribution in [2.45, 2.75) is 128 Å². The molecule has 24 heteroatoms. The molecule has 2 fully saturated rings. The van der Waals surface area contributed by atoms with E-state index in [1.54, 1.807) is 25.1 Å². The molecule has 2 amide bonds. The number of amides is 2. The lowest BCUT2D eigenvalue weighted by Crippen LogP contribution is -2.51. The summed E-state index contributed by atoms with van der Waals surface area (Å²) in [6.07, 6.45) is -6.06. The summed E-state index contributed by atoms with van der Waals surface area (Å²) in [5.41, 5.74) is 0.476. The van der Waals surface area contributed by atoms with Crippen molar-refractivity contribution in [3.8, 4) is 0 Å². The van der Waals surface area contributed by atoms with E-state index >= 15 is 0 Å². The van der Waals surface area contributed by atoms with E-state index in [2.05, 4.69) is 33.9 Å². The average Bonchev–Trinajstić information content (AvgIpc) is 3.59. The van der Waals surface area contributed by atoms with Crippen LogP contribution in [0, 0.1) is 13.8 Å². The zero-order valence-corrected chi connectivity index (χ0v) is 46.0. The third kappa shape index (κ3) is 15.9. The summed E-state index contributed by atoms with van der Waals surface area (Å²) in [5, 5.41) is 18.5. The molecular formula is C45H58Cl4F6N2O8P2S2. The van der Waals surface area contributed by atoms with Gasteiger partial charge in [-0.05, 0) is 153 Å². The fraction of sp³-hybridized carbons (Fsp3) is 0.600. The summed E-state index contributed by atoms with van der Waals surface area (Å²) in [7, 11) is 0. The maximum atomic E-state index is 13.3. The van der Waals surface area contributed by atoms with Crippen LogP contribution >= 0.6 is 59.2 Å². The fourth-order valence-electron chi connectivity index (χ4n) is 8.72. The van der Waals surface area contributed by atoms with Crippen LogP contribution in [-0.2, 0) is 56.2 Å². The van der Waals surface area contributed by atoms with Crippen LogP contribution in [0.5, 0.6) is 0 Å². The predicted octanol–water partition coefficient (Wildman–Crippen LogP) is 13.8. The molecule has 2 aromatic rings. The van der Waals surface area contributed by atoms with Crippen LogP contribution in [0.3, 0.4) is 0 Å². The number of benzene rings is 2. The zero-order chi connectivity index (χ0) is 52.3. The molecule has 2 heterocycles. The van der Waals surface area contributed by atoms with Gasteiger partial charge in [0.1, 0.15) is 18.1 Å². The number of alkyl halides is 6. The van der Waals surface area contributed by atoms with Crippen molar-refractivity contribution in [1.29, 1.82) is 0 Å². The van der Waals surface area contributed by atoms with Crippen LogP contribution < -0.4 is 10.6 Å². The molecule has 1 atom stereocenters. The number of halogens is 10. The summed E-state index contributed by atoms with van der Waals surface area (Å²) in [6, 6.07) is 6.50. The smallest absolute Gasteiger partial charge is 0.412 e. The van der Waals surface area contributed by atoms with Gasteiger partial charge in [0, 0.05) is 41.1 Å². The van der Waals surface area contributed by atoms with E-state index in [4.69, 9.17) is 76.7 Å². The minimum atomic E-state index is -4.57. The van der Waals surface area contributed by atoms with Gasteiger partial charge in [-0.1, -0.05) is 58.2 Å². The Morgan fingerprint density at radius 3 is 1.41 bits per heavy atom. The number of carbonyl (C=O) groups is 2. The van der Waals surface area contributed by atoms with Crippen LogP contribution in [0.15, 0.2) is 35.8 Å². The number of ether oxygens (including phenoxy) is 2. The van der Waals surface area contributed by atoms with Crippen LogP contribution in [0.2, 0.25) is 20.1 Å². The molecular weight excluding hydrogens is 1080 g/mol. The molecule has 4 aliphatic rings. The van der Waals surface area contributed by atoms with Gasteiger partial charge >= 0.3 is 12.4 Å². The van der Waals surface area contributed by atoms with Crippen LogP contribution in [0.4, 0.5) is 26.3 Å². The Labute approximate surface area is 430 Å². The van der Waals surface area contributed by atoms with Crippen molar-refractivity contribution < 1.29 is 64.1 Å². The van der Waals surface area contributed by atoms with Crippen LogP contribution in [0.25, 0.3) is 11.1 Å². The number of rotatable bonds is 12. The first-order chi connectivity index (χ1) is 31.5. The Balaban J connectivity index is 0.000000258. The molecule has 3 N–H and O–H groups in total. The highest BCUT2D eigenvalue weighted by atomic mass is 35.5. The van der Waals surface area contributed by atoms with Gasteiger partial charge < -0.3 is 38.8 Å². The Morgan fingerprint density at radius 1 is 0.652 bits per heavy atom. The Kier molecular flexibility index (Phi) is 19.8. The summed E-state index contributed by atoms with van der Waals surface area (Å²) in [6.45, 7) is 10.9. The molecule has 2 spiro atoms. The molecule has 2 aliphatic heterocycles. The Hall–Kier alpha value is -1.66. The average molecular weight is 1140 g/mol. The highest BCUT2D eigenvalue weighted by Crippen LogP contribution is 2.56.